The van der Waals surface area contributed by atoms with E-state index in [4.69, 9.17) is 0 Å². The largest absolute Gasteiger partial charge is 0.316 e. The summed E-state index contributed by atoms with van der Waals surface area (Å²) in [5.41, 5.74) is -0.438. The third-order valence-electron chi connectivity index (χ3n) is 3.79. The molecule has 1 heterocycles. The number of hydrogen-bond donors (Lipinski definition) is 2. The van der Waals surface area contributed by atoms with E-state index in [1.165, 1.54) is 12.1 Å². The fourth-order valence-electron chi connectivity index (χ4n) is 2.67. The Bertz CT molecular complexity index is 843. The van der Waals surface area contributed by atoms with Crippen LogP contribution in [0.4, 0.5) is 5.69 Å². The van der Waals surface area contributed by atoms with Gasteiger partial charge in [-0.2, -0.15) is 0 Å². The quantitative estimate of drug-likeness (QED) is 0.495. The number of rotatable bonds is 5. The molecular formula is C15H20N4O4. The first-order valence-electron chi connectivity index (χ1n) is 7.40. The molecule has 124 valence electrons. The Morgan fingerprint density at radius 2 is 1.65 bits per heavy atom. The average molecular weight is 320 g/mol. The Morgan fingerprint density at radius 3 is 2.17 bits per heavy atom. The standard InChI is InChI=1S/C15H20N4O4/c1-8(2)18(9(3)4)7-10-5-11(19(22)23)6-12-13(10)17-15(21)14(20)16-12/h5-6,8-9H,7H2,1-4H3,(H,16,20)(H,17,21). The predicted molar refractivity (Wildman–Crippen MR) is 87.7 cm³/mol. The van der Waals surface area contributed by atoms with Gasteiger partial charge in [0.15, 0.2) is 0 Å². The highest BCUT2D eigenvalue weighted by Crippen LogP contribution is 2.24. The van der Waals surface area contributed by atoms with E-state index in [2.05, 4.69) is 14.9 Å². The maximum absolute atomic E-state index is 11.6. The Balaban J connectivity index is 2.69. The Morgan fingerprint density at radius 1 is 1.09 bits per heavy atom. The molecule has 2 N–H and O–H groups in total. The minimum atomic E-state index is -0.825. The van der Waals surface area contributed by atoms with Gasteiger partial charge < -0.3 is 9.97 Å². The molecule has 0 aliphatic heterocycles. The van der Waals surface area contributed by atoms with Gasteiger partial charge in [-0.15, -0.1) is 0 Å². The zero-order chi connectivity index (χ0) is 17.3. The van der Waals surface area contributed by atoms with Crippen LogP contribution in [0.25, 0.3) is 11.0 Å². The first-order valence-corrected chi connectivity index (χ1v) is 7.40. The van der Waals surface area contributed by atoms with Gasteiger partial charge >= 0.3 is 11.1 Å². The van der Waals surface area contributed by atoms with Gasteiger partial charge in [-0.3, -0.25) is 24.6 Å². The van der Waals surface area contributed by atoms with Crippen molar-refractivity contribution in [1.82, 2.24) is 14.9 Å². The summed E-state index contributed by atoms with van der Waals surface area (Å²) >= 11 is 0. The van der Waals surface area contributed by atoms with Crippen LogP contribution in [0.3, 0.4) is 0 Å². The van der Waals surface area contributed by atoms with Crippen LogP contribution in [-0.4, -0.2) is 31.9 Å². The van der Waals surface area contributed by atoms with Gasteiger partial charge in [-0.25, -0.2) is 0 Å². The fourth-order valence-corrected chi connectivity index (χ4v) is 2.67. The molecule has 0 aliphatic rings. The van der Waals surface area contributed by atoms with Gasteiger partial charge in [-0.1, -0.05) is 0 Å². The number of benzene rings is 1. The molecular weight excluding hydrogens is 300 g/mol. The molecule has 0 bridgehead atoms. The van der Waals surface area contributed by atoms with Crippen LogP contribution in [0.1, 0.15) is 33.3 Å². The van der Waals surface area contributed by atoms with Crippen LogP contribution in [0, 0.1) is 10.1 Å². The van der Waals surface area contributed by atoms with E-state index in [-0.39, 0.29) is 23.3 Å². The van der Waals surface area contributed by atoms with E-state index in [0.29, 0.717) is 17.6 Å². The SMILES string of the molecule is CC(C)N(Cc1cc([N+](=O)[O-])cc2[nH]c(=O)c(=O)[nH]c12)C(C)C. The number of non-ortho nitro benzene ring substituents is 1. The summed E-state index contributed by atoms with van der Waals surface area (Å²) in [6.07, 6.45) is 0. The fraction of sp³-hybridized carbons (Fsp3) is 0.467. The highest BCUT2D eigenvalue weighted by molar-refractivity contribution is 5.80. The molecule has 0 saturated carbocycles. The molecule has 8 nitrogen and oxygen atoms in total. The van der Waals surface area contributed by atoms with Crippen LogP contribution in [0.15, 0.2) is 21.7 Å². The van der Waals surface area contributed by atoms with E-state index in [9.17, 15) is 19.7 Å². The molecule has 2 rings (SSSR count). The van der Waals surface area contributed by atoms with E-state index >= 15 is 0 Å². The molecule has 0 radical (unpaired) electrons. The second kappa shape index (κ2) is 6.33. The third kappa shape index (κ3) is 3.48. The minimum absolute atomic E-state index is 0.123. The predicted octanol–water partition coefficient (Wildman–Crippen LogP) is 1.74. The lowest BCUT2D eigenvalue weighted by molar-refractivity contribution is -0.384. The van der Waals surface area contributed by atoms with Crippen molar-refractivity contribution in [2.75, 3.05) is 0 Å². The topological polar surface area (TPSA) is 112 Å². The summed E-state index contributed by atoms with van der Waals surface area (Å²) in [6.45, 7) is 8.55. The van der Waals surface area contributed by atoms with Crippen LogP contribution in [0.2, 0.25) is 0 Å². The first kappa shape index (κ1) is 16.9. The normalized spacial score (nSPS) is 11.8. The van der Waals surface area contributed by atoms with E-state index < -0.39 is 16.0 Å². The summed E-state index contributed by atoms with van der Waals surface area (Å²) in [6, 6.07) is 3.14. The number of aromatic nitrogens is 2. The Kier molecular flexibility index (Phi) is 4.65. The lowest BCUT2D eigenvalue weighted by Crippen LogP contribution is -2.36. The lowest BCUT2D eigenvalue weighted by Gasteiger charge is -2.30. The smallest absolute Gasteiger partial charge is 0.314 e. The molecule has 1 aromatic heterocycles. The second-order valence-electron chi connectivity index (χ2n) is 6.05. The van der Waals surface area contributed by atoms with Crippen molar-refractivity contribution >= 4 is 16.7 Å². The number of nitrogens with zero attached hydrogens (tertiary/aromatic N) is 2. The van der Waals surface area contributed by atoms with Crippen molar-refractivity contribution in [2.45, 2.75) is 46.3 Å². The zero-order valence-electron chi connectivity index (χ0n) is 13.5. The number of nitro benzene ring substituents is 1. The Hall–Kier alpha value is -2.48. The highest BCUT2D eigenvalue weighted by atomic mass is 16.6. The molecule has 23 heavy (non-hydrogen) atoms. The molecule has 8 heteroatoms. The van der Waals surface area contributed by atoms with E-state index in [0.717, 1.165) is 0 Å². The van der Waals surface area contributed by atoms with Crippen LogP contribution < -0.4 is 11.1 Å². The van der Waals surface area contributed by atoms with Gasteiger partial charge in [-0.05, 0) is 33.3 Å². The van der Waals surface area contributed by atoms with Crippen LogP contribution >= 0.6 is 0 Å². The molecule has 0 saturated heterocycles. The van der Waals surface area contributed by atoms with Gasteiger partial charge in [0.1, 0.15) is 0 Å². The van der Waals surface area contributed by atoms with E-state index in [1.54, 1.807) is 0 Å². The zero-order valence-corrected chi connectivity index (χ0v) is 13.5. The summed E-state index contributed by atoms with van der Waals surface area (Å²) in [7, 11) is 0. The van der Waals surface area contributed by atoms with Crippen molar-refractivity contribution in [1.29, 1.82) is 0 Å². The minimum Gasteiger partial charge on any atom is -0.316 e. The molecule has 0 unspecified atom stereocenters. The lowest BCUT2D eigenvalue weighted by atomic mass is 10.1. The maximum atomic E-state index is 11.6. The van der Waals surface area contributed by atoms with Crippen molar-refractivity contribution in [3.63, 3.8) is 0 Å². The average Bonchev–Trinajstić information content (AvgIpc) is 2.44. The monoisotopic (exact) mass is 320 g/mol. The number of fused-ring (bicyclic) bond motifs is 1. The van der Waals surface area contributed by atoms with Gasteiger partial charge in [0, 0.05) is 30.8 Å². The molecule has 0 amide bonds. The maximum Gasteiger partial charge on any atom is 0.314 e. The number of nitrogens with one attached hydrogen (secondary N) is 2. The summed E-state index contributed by atoms with van der Waals surface area (Å²) in [5.74, 6) is 0. The van der Waals surface area contributed by atoms with Gasteiger partial charge in [0.25, 0.3) is 5.69 Å². The molecule has 1 aromatic carbocycles. The van der Waals surface area contributed by atoms with Gasteiger partial charge in [0.2, 0.25) is 0 Å². The second-order valence-corrected chi connectivity index (χ2v) is 6.05. The van der Waals surface area contributed by atoms with Crippen LogP contribution in [-0.2, 0) is 6.54 Å². The first-order chi connectivity index (χ1) is 10.7. The molecule has 0 spiro atoms. The van der Waals surface area contributed by atoms with E-state index in [1.807, 2.05) is 27.7 Å². The van der Waals surface area contributed by atoms with Crippen molar-refractivity contribution in [3.05, 3.63) is 48.5 Å². The van der Waals surface area contributed by atoms with Crippen LogP contribution in [0.5, 0.6) is 0 Å². The number of aromatic amines is 2. The highest BCUT2D eigenvalue weighted by Gasteiger charge is 2.19. The number of nitro groups is 1. The summed E-state index contributed by atoms with van der Waals surface area (Å²) < 4.78 is 0. The third-order valence-corrected chi connectivity index (χ3v) is 3.79. The molecule has 2 aromatic rings. The molecule has 0 aliphatic carbocycles. The Labute approximate surface area is 132 Å². The summed E-state index contributed by atoms with van der Waals surface area (Å²) in [4.78, 5) is 40.8. The molecule has 0 fully saturated rings. The number of H-pyrrole nitrogens is 2. The van der Waals surface area contributed by atoms with Crippen molar-refractivity contribution in [2.24, 2.45) is 0 Å². The van der Waals surface area contributed by atoms with Gasteiger partial charge in [0.05, 0.1) is 16.0 Å². The molecule has 0 atom stereocenters. The number of hydrogen-bond acceptors (Lipinski definition) is 5. The van der Waals surface area contributed by atoms with Crippen molar-refractivity contribution in [3.8, 4) is 0 Å². The summed E-state index contributed by atoms with van der Waals surface area (Å²) in [5, 5.41) is 11.1. The van der Waals surface area contributed by atoms with Crippen molar-refractivity contribution < 1.29 is 4.92 Å².